The van der Waals surface area contributed by atoms with E-state index >= 15 is 0 Å². The highest BCUT2D eigenvalue weighted by atomic mass is 16.5. The summed E-state index contributed by atoms with van der Waals surface area (Å²) in [6.45, 7) is 0.627. The van der Waals surface area contributed by atoms with Gasteiger partial charge in [-0.05, 0) is 12.1 Å². The van der Waals surface area contributed by atoms with Gasteiger partial charge in [0, 0.05) is 52.4 Å². The number of ether oxygens (including phenoxy) is 1. The van der Waals surface area contributed by atoms with Gasteiger partial charge in [-0.25, -0.2) is 5.10 Å². The lowest BCUT2D eigenvalue weighted by molar-refractivity contribution is 0.300. The first-order chi connectivity index (χ1) is 17.7. The van der Waals surface area contributed by atoms with E-state index in [0.717, 1.165) is 0 Å². The van der Waals surface area contributed by atoms with Gasteiger partial charge in [0.25, 0.3) is 0 Å². The smallest absolute Gasteiger partial charge is 0.248 e. The van der Waals surface area contributed by atoms with Crippen molar-refractivity contribution in [3.05, 3.63) is 47.5 Å². The van der Waals surface area contributed by atoms with Gasteiger partial charge in [-0.3, -0.25) is 4.57 Å². The molecule has 0 atom stereocenters. The van der Waals surface area contributed by atoms with Crippen molar-refractivity contribution < 1.29 is 20.1 Å². The molecule has 0 amide bonds. The van der Waals surface area contributed by atoms with Gasteiger partial charge >= 0.3 is 0 Å². The minimum Gasteiger partial charge on any atom is -0.504 e. The summed E-state index contributed by atoms with van der Waals surface area (Å²) in [5.41, 5.74) is 1.14. The number of anilines is 4. The summed E-state index contributed by atoms with van der Waals surface area (Å²) in [4.78, 5) is 7.86. The molecule has 0 bridgehead atoms. The maximum absolute atomic E-state index is 10.7. The second-order valence-corrected chi connectivity index (χ2v) is 8.49. The van der Waals surface area contributed by atoms with Crippen LogP contribution in [-0.2, 0) is 20.1 Å². The highest BCUT2D eigenvalue weighted by Crippen LogP contribution is 2.31. The van der Waals surface area contributed by atoms with Crippen molar-refractivity contribution in [3.8, 4) is 23.0 Å². The van der Waals surface area contributed by atoms with Crippen LogP contribution in [0.15, 0.2) is 36.4 Å². The minimum atomic E-state index is -0.190. The minimum absolute atomic E-state index is 0.0154. The fraction of sp³-hybridized carbons (Fsp3) is 0.304. The van der Waals surface area contributed by atoms with Crippen LogP contribution in [0.2, 0.25) is 0 Å². The Morgan fingerprint density at radius 1 is 0.946 bits per heavy atom. The van der Waals surface area contributed by atoms with Gasteiger partial charge in [0.05, 0.1) is 0 Å². The zero-order chi connectivity index (χ0) is 26.5. The van der Waals surface area contributed by atoms with E-state index in [2.05, 4.69) is 36.0 Å². The van der Waals surface area contributed by atoms with Gasteiger partial charge < -0.3 is 40.5 Å². The van der Waals surface area contributed by atoms with Gasteiger partial charge in [0.1, 0.15) is 0 Å². The van der Waals surface area contributed by atoms with E-state index in [9.17, 15) is 15.3 Å². The maximum atomic E-state index is 10.7. The van der Waals surface area contributed by atoms with Gasteiger partial charge in [0.2, 0.25) is 23.8 Å². The van der Waals surface area contributed by atoms with Crippen LogP contribution >= 0.6 is 0 Å². The molecular weight excluding hydrogens is 480 g/mol. The molecule has 2 aromatic carbocycles. The van der Waals surface area contributed by atoms with E-state index in [1.54, 1.807) is 42.3 Å². The van der Waals surface area contributed by atoms with Gasteiger partial charge in [0.15, 0.2) is 29.7 Å². The molecule has 6 N–H and O–H groups in total. The standard InChI is InChI=1S/C23H30N10O4/c1-31(2)23-30-28-21(33(23)4)25-12-15-8-6-10-17(19(15)36)37-13-32(3)22-26-20(27-29-22)24-11-14-7-5-9-16(34)18(14)35/h5-10,34-36H,11-13H2,1-4H3,(H,25,28)(H2,24,26,27,29). The largest absolute Gasteiger partial charge is 0.504 e. The number of aromatic hydroxyl groups is 3. The summed E-state index contributed by atoms with van der Waals surface area (Å²) in [5.74, 6) is 1.96. The number of para-hydroxylation sites is 2. The second-order valence-electron chi connectivity index (χ2n) is 8.49. The summed E-state index contributed by atoms with van der Waals surface area (Å²) in [5, 5.41) is 51.6. The zero-order valence-corrected chi connectivity index (χ0v) is 21.0. The number of nitrogens with one attached hydrogen (secondary N) is 3. The van der Waals surface area contributed by atoms with Crippen LogP contribution in [-0.4, -0.2) is 73.1 Å². The van der Waals surface area contributed by atoms with E-state index in [0.29, 0.717) is 47.2 Å². The van der Waals surface area contributed by atoms with E-state index < -0.39 is 0 Å². The first-order valence-corrected chi connectivity index (χ1v) is 11.4. The van der Waals surface area contributed by atoms with Crippen LogP contribution in [0.25, 0.3) is 0 Å². The quantitative estimate of drug-likeness (QED) is 0.128. The summed E-state index contributed by atoms with van der Waals surface area (Å²) >= 11 is 0. The Kier molecular flexibility index (Phi) is 7.36. The molecule has 0 aliphatic carbocycles. The van der Waals surface area contributed by atoms with Crippen molar-refractivity contribution >= 4 is 23.8 Å². The fourth-order valence-corrected chi connectivity index (χ4v) is 3.49. The number of benzene rings is 2. The molecule has 0 saturated heterocycles. The van der Waals surface area contributed by atoms with Crippen LogP contribution in [0.3, 0.4) is 0 Å². The molecule has 37 heavy (non-hydrogen) atoms. The average Bonchev–Trinajstić information content (AvgIpc) is 3.50. The first kappa shape index (κ1) is 25.2. The number of hydrogen-bond donors (Lipinski definition) is 6. The molecule has 14 nitrogen and oxygen atoms in total. The molecule has 2 heterocycles. The molecule has 0 aliphatic heterocycles. The molecule has 0 aliphatic rings. The Labute approximate surface area is 213 Å². The van der Waals surface area contributed by atoms with Crippen molar-refractivity contribution in [1.29, 1.82) is 0 Å². The van der Waals surface area contributed by atoms with E-state index in [1.807, 2.05) is 30.6 Å². The molecule has 0 saturated carbocycles. The summed E-state index contributed by atoms with van der Waals surface area (Å²) in [6.07, 6.45) is 0. The third kappa shape index (κ3) is 5.69. The molecular formula is C23H30N10O4. The Balaban J connectivity index is 1.32. The number of aromatic amines is 1. The molecule has 2 aromatic heterocycles. The number of aromatic nitrogens is 6. The van der Waals surface area contributed by atoms with Crippen molar-refractivity contribution in [2.24, 2.45) is 7.05 Å². The first-order valence-electron chi connectivity index (χ1n) is 11.4. The van der Waals surface area contributed by atoms with Gasteiger partial charge in [-0.2, -0.15) is 4.98 Å². The topological polar surface area (TPSA) is 173 Å². The van der Waals surface area contributed by atoms with Crippen molar-refractivity contribution in [3.63, 3.8) is 0 Å². The molecule has 14 heteroatoms. The lowest BCUT2D eigenvalue weighted by Gasteiger charge is -2.17. The van der Waals surface area contributed by atoms with Crippen molar-refractivity contribution in [2.45, 2.75) is 13.1 Å². The molecule has 0 spiro atoms. The molecule has 0 fully saturated rings. The van der Waals surface area contributed by atoms with Crippen LogP contribution in [0.5, 0.6) is 23.0 Å². The fourth-order valence-electron chi connectivity index (χ4n) is 3.49. The predicted octanol–water partition coefficient (Wildman–Crippen LogP) is 1.81. The van der Waals surface area contributed by atoms with Crippen LogP contribution in [0, 0.1) is 0 Å². The lowest BCUT2D eigenvalue weighted by Crippen LogP contribution is -2.24. The summed E-state index contributed by atoms with van der Waals surface area (Å²) < 4.78 is 7.62. The maximum Gasteiger partial charge on any atom is 0.248 e. The number of phenols is 3. The molecule has 4 rings (SSSR count). The molecule has 4 aromatic rings. The third-order valence-corrected chi connectivity index (χ3v) is 5.54. The van der Waals surface area contributed by atoms with E-state index in [4.69, 9.17) is 4.74 Å². The third-order valence-electron chi connectivity index (χ3n) is 5.54. The van der Waals surface area contributed by atoms with Crippen LogP contribution < -0.4 is 25.2 Å². The number of nitrogens with zero attached hydrogens (tertiary/aromatic N) is 7. The Morgan fingerprint density at radius 3 is 2.38 bits per heavy atom. The average molecular weight is 511 g/mol. The van der Waals surface area contributed by atoms with Gasteiger partial charge in [-0.1, -0.05) is 24.3 Å². The Morgan fingerprint density at radius 2 is 1.65 bits per heavy atom. The summed E-state index contributed by atoms with van der Waals surface area (Å²) in [6, 6.07) is 9.98. The second kappa shape index (κ2) is 10.8. The number of rotatable bonds is 11. The monoisotopic (exact) mass is 510 g/mol. The predicted molar refractivity (Wildman–Crippen MR) is 138 cm³/mol. The van der Waals surface area contributed by atoms with E-state index in [1.165, 1.54) is 6.07 Å². The Bertz CT molecular complexity index is 1350. The SMILES string of the molecule is CN(C)c1nnc(NCc2cccc(OCN(C)c3n[nH]c(NCc4cccc(O)c4O)n3)c2O)n1C. The zero-order valence-electron chi connectivity index (χ0n) is 21.0. The molecule has 196 valence electrons. The summed E-state index contributed by atoms with van der Waals surface area (Å²) in [7, 11) is 7.37. The lowest BCUT2D eigenvalue weighted by atomic mass is 10.2. The van der Waals surface area contributed by atoms with Crippen molar-refractivity contribution in [1.82, 2.24) is 29.9 Å². The van der Waals surface area contributed by atoms with E-state index in [-0.39, 0.29) is 30.5 Å². The van der Waals surface area contributed by atoms with Gasteiger partial charge in [-0.15, -0.1) is 15.3 Å². The number of hydrogen-bond acceptors (Lipinski definition) is 12. The Hall–Kier alpha value is -4.88. The highest BCUT2D eigenvalue weighted by Gasteiger charge is 2.14. The van der Waals surface area contributed by atoms with Crippen LogP contribution in [0.4, 0.5) is 23.8 Å². The highest BCUT2D eigenvalue weighted by molar-refractivity contribution is 5.48. The molecule has 0 radical (unpaired) electrons. The normalized spacial score (nSPS) is 10.8. The van der Waals surface area contributed by atoms with Crippen molar-refractivity contribution in [2.75, 3.05) is 48.3 Å². The number of phenolic OH excluding ortho intramolecular Hbond substituents is 3. The number of H-pyrrole nitrogens is 1. The molecule has 0 unspecified atom stereocenters. The van der Waals surface area contributed by atoms with Crippen LogP contribution in [0.1, 0.15) is 11.1 Å².